The zero-order valence-electron chi connectivity index (χ0n) is 37.5. The van der Waals surface area contributed by atoms with Crippen LogP contribution in [-0.4, -0.2) is 19.9 Å². The molecule has 14 rings (SSSR count). The Morgan fingerprint density at radius 1 is 0.271 bits per heavy atom. The lowest BCUT2D eigenvalue weighted by molar-refractivity contribution is 0.669. The lowest BCUT2D eigenvalue weighted by Gasteiger charge is -2.16. The van der Waals surface area contributed by atoms with E-state index in [-0.39, 0.29) is 0 Å². The molecule has 0 atom stereocenters. The number of rotatable bonds is 7. The van der Waals surface area contributed by atoms with Crippen molar-refractivity contribution in [2.24, 2.45) is 0 Å². The third-order valence-corrected chi connectivity index (χ3v) is 13.5. The lowest BCUT2D eigenvalue weighted by Crippen LogP contribution is -2.00. The largest absolute Gasteiger partial charge is 0.456 e. The Morgan fingerprint density at radius 3 is 1.53 bits per heavy atom. The smallest absolute Gasteiger partial charge is 0.164 e. The van der Waals surface area contributed by atoms with E-state index in [0.717, 1.165) is 127 Å². The second kappa shape index (κ2) is 16.1. The summed E-state index contributed by atoms with van der Waals surface area (Å²) in [7, 11) is 0. The normalized spacial score (nSPS) is 11.7. The number of aromatic nitrogens is 4. The molecule has 0 aliphatic heterocycles. The molecular weight excluding hydrogens is 857 g/mol. The van der Waals surface area contributed by atoms with E-state index in [1.54, 1.807) is 0 Å². The van der Waals surface area contributed by atoms with Gasteiger partial charge in [-0.05, 0) is 58.7 Å². The van der Waals surface area contributed by atoms with Crippen LogP contribution in [0.2, 0.25) is 0 Å². The van der Waals surface area contributed by atoms with Gasteiger partial charge in [0, 0.05) is 71.1 Å². The van der Waals surface area contributed by atoms with Crippen molar-refractivity contribution < 1.29 is 8.83 Å². The second-order valence-electron chi connectivity index (χ2n) is 17.7. The minimum Gasteiger partial charge on any atom is -0.456 e. The highest BCUT2D eigenvalue weighted by Crippen LogP contribution is 2.47. The quantitative estimate of drug-likeness (QED) is 0.148. The van der Waals surface area contributed by atoms with Crippen molar-refractivity contribution in [2.45, 2.75) is 0 Å². The molecule has 4 aromatic heterocycles. The van der Waals surface area contributed by atoms with Crippen molar-refractivity contribution in [3.8, 4) is 78.8 Å². The highest BCUT2D eigenvalue weighted by molar-refractivity contribution is 6.28. The van der Waals surface area contributed by atoms with Crippen molar-refractivity contribution in [3.05, 3.63) is 231 Å². The van der Waals surface area contributed by atoms with Crippen LogP contribution in [0.25, 0.3) is 144 Å². The fourth-order valence-electron chi connectivity index (χ4n) is 10.2. The van der Waals surface area contributed by atoms with Crippen molar-refractivity contribution in [3.63, 3.8) is 0 Å². The topological polar surface area (TPSA) is 77.8 Å². The van der Waals surface area contributed by atoms with Gasteiger partial charge in [-0.1, -0.05) is 194 Å². The van der Waals surface area contributed by atoms with Crippen LogP contribution in [0.4, 0.5) is 0 Å². The monoisotopic (exact) mass is 894 g/mol. The van der Waals surface area contributed by atoms with Crippen molar-refractivity contribution in [2.75, 3.05) is 0 Å². The van der Waals surface area contributed by atoms with Gasteiger partial charge in [0.2, 0.25) is 0 Å². The zero-order valence-corrected chi connectivity index (χ0v) is 37.5. The summed E-state index contributed by atoms with van der Waals surface area (Å²) in [6.07, 6.45) is 0. The lowest BCUT2D eigenvalue weighted by atomic mass is 9.88. The highest BCUT2D eigenvalue weighted by Gasteiger charge is 2.22. The first kappa shape index (κ1) is 39.6. The minimum atomic E-state index is 0.589. The molecule has 10 aromatic carbocycles. The predicted octanol–water partition coefficient (Wildman–Crippen LogP) is 17.0. The van der Waals surface area contributed by atoms with Gasteiger partial charge in [0.25, 0.3) is 0 Å². The van der Waals surface area contributed by atoms with E-state index in [0.29, 0.717) is 17.5 Å². The summed E-state index contributed by atoms with van der Waals surface area (Å²) in [5.41, 5.74) is 15.4. The summed E-state index contributed by atoms with van der Waals surface area (Å²) in [4.78, 5) is 20.7. The summed E-state index contributed by atoms with van der Waals surface area (Å²) in [6, 6.07) is 79.8. The summed E-state index contributed by atoms with van der Waals surface area (Å²) in [6.45, 7) is 0. The molecule has 0 aliphatic carbocycles. The summed E-state index contributed by atoms with van der Waals surface area (Å²) >= 11 is 0. The van der Waals surface area contributed by atoms with Crippen LogP contribution in [0.3, 0.4) is 0 Å². The molecular formula is C64H38N4O2. The summed E-state index contributed by atoms with van der Waals surface area (Å²) < 4.78 is 13.1. The standard InChI is InChI=1S/C64H38N4O2/c1-3-16-40(17-4-1)60-52-38-56-59(51-26-9-12-31-55(51)69-56)57(58(52)50-25-7-10-29-53(50)65-60)45-22-13-20-43(36-45)44-21-14-23-46(37-44)64-67-62(41-18-5-2-6-19-41)66-63(68-64)42-34-32-39(33-35-42)47-27-15-28-49-48-24-8-11-30-54(48)70-61(47)49/h1-38H. The molecule has 0 amide bonds. The number of benzene rings is 10. The van der Waals surface area contributed by atoms with Crippen molar-refractivity contribution in [1.29, 1.82) is 0 Å². The van der Waals surface area contributed by atoms with Gasteiger partial charge in [0.15, 0.2) is 17.5 Å². The molecule has 0 aliphatic rings. The molecule has 326 valence electrons. The third kappa shape index (κ3) is 6.57. The molecule has 6 nitrogen and oxygen atoms in total. The van der Waals surface area contributed by atoms with Gasteiger partial charge < -0.3 is 8.83 Å². The summed E-state index contributed by atoms with van der Waals surface area (Å²) in [5.74, 6) is 1.78. The van der Waals surface area contributed by atoms with E-state index in [2.05, 4.69) is 170 Å². The first-order chi connectivity index (χ1) is 34.7. The molecule has 0 saturated heterocycles. The molecule has 4 heterocycles. The van der Waals surface area contributed by atoms with Gasteiger partial charge >= 0.3 is 0 Å². The number of hydrogen-bond acceptors (Lipinski definition) is 6. The average Bonchev–Trinajstić information content (AvgIpc) is 4.01. The van der Waals surface area contributed by atoms with Gasteiger partial charge in [-0.2, -0.15) is 0 Å². The van der Waals surface area contributed by atoms with Crippen LogP contribution in [-0.2, 0) is 0 Å². The number of para-hydroxylation sites is 4. The van der Waals surface area contributed by atoms with Gasteiger partial charge in [-0.3, -0.25) is 0 Å². The SMILES string of the molecule is c1ccc(-c2nc(-c3ccc(-c4cccc5c4oc4ccccc45)cc3)nc(-c3cccc(-c4cccc(-c5c6c(cc7c(-c8ccccc8)nc8ccccc8c57)oc5ccccc56)c4)c3)n2)cc1. The van der Waals surface area contributed by atoms with Crippen LogP contribution in [0.1, 0.15) is 0 Å². The number of furan rings is 2. The Morgan fingerprint density at radius 2 is 0.786 bits per heavy atom. The minimum absolute atomic E-state index is 0.589. The molecule has 0 fully saturated rings. The van der Waals surface area contributed by atoms with Gasteiger partial charge in [0.1, 0.15) is 22.3 Å². The van der Waals surface area contributed by atoms with Crippen LogP contribution in [0.5, 0.6) is 0 Å². The number of nitrogens with zero attached hydrogens (tertiary/aromatic N) is 4. The van der Waals surface area contributed by atoms with Crippen LogP contribution in [0.15, 0.2) is 239 Å². The fraction of sp³-hybridized carbons (Fsp3) is 0. The molecule has 0 N–H and O–H groups in total. The Labute approximate surface area is 401 Å². The Bertz CT molecular complexity index is 4350. The Hall–Kier alpha value is -9.52. The molecule has 0 bridgehead atoms. The highest BCUT2D eigenvalue weighted by atomic mass is 16.3. The van der Waals surface area contributed by atoms with Gasteiger partial charge in [0.05, 0.1) is 11.2 Å². The molecule has 0 spiro atoms. The number of fused-ring (bicyclic) bond motifs is 9. The summed E-state index contributed by atoms with van der Waals surface area (Å²) in [5, 5.41) is 7.62. The number of pyridine rings is 1. The Kier molecular flexibility index (Phi) is 9.10. The maximum absolute atomic E-state index is 6.69. The molecule has 6 heteroatoms. The average molecular weight is 895 g/mol. The first-order valence-electron chi connectivity index (χ1n) is 23.4. The van der Waals surface area contributed by atoms with E-state index in [1.165, 1.54) is 0 Å². The van der Waals surface area contributed by atoms with Crippen molar-refractivity contribution in [1.82, 2.24) is 19.9 Å². The fourth-order valence-corrected chi connectivity index (χ4v) is 10.2. The third-order valence-electron chi connectivity index (χ3n) is 13.5. The van der Waals surface area contributed by atoms with Gasteiger partial charge in [-0.15, -0.1) is 0 Å². The van der Waals surface area contributed by atoms with E-state index in [9.17, 15) is 0 Å². The van der Waals surface area contributed by atoms with E-state index in [1.807, 2.05) is 60.7 Å². The molecule has 14 aromatic rings. The molecule has 70 heavy (non-hydrogen) atoms. The van der Waals surface area contributed by atoms with E-state index < -0.39 is 0 Å². The maximum Gasteiger partial charge on any atom is 0.164 e. The zero-order chi connectivity index (χ0) is 46.1. The van der Waals surface area contributed by atoms with Crippen LogP contribution >= 0.6 is 0 Å². The maximum atomic E-state index is 6.69. The molecule has 0 radical (unpaired) electrons. The van der Waals surface area contributed by atoms with E-state index >= 15 is 0 Å². The van der Waals surface area contributed by atoms with E-state index in [4.69, 9.17) is 28.8 Å². The second-order valence-corrected chi connectivity index (χ2v) is 17.7. The van der Waals surface area contributed by atoms with Crippen LogP contribution in [0, 0.1) is 0 Å². The van der Waals surface area contributed by atoms with Crippen molar-refractivity contribution >= 4 is 65.6 Å². The molecule has 0 saturated carbocycles. The predicted molar refractivity (Wildman–Crippen MR) is 285 cm³/mol. The van der Waals surface area contributed by atoms with Crippen LogP contribution < -0.4 is 0 Å². The number of hydrogen-bond donors (Lipinski definition) is 0. The molecule has 0 unspecified atom stereocenters. The Balaban J connectivity index is 0.906. The van der Waals surface area contributed by atoms with Gasteiger partial charge in [-0.25, -0.2) is 19.9 Å². The first-order valence-corrected chi connectivity index (χ1v) is 23.4.